The maximum absolute atomic E-state index is 12.3. The van der Waals surface area contributed by atoms with Gasteiger partial charge in [-0.3, -0.25) is 19.4 Å². The molecule has 0 radical (unpaired) electrons. The number of benzene rings is 2. The largest absolute Gasteiger partial charge is 0.457 e. The molecular formula is C19H16N2O4. The Kier molecular flexibility index (Phi) is 4.61. The fourth-order valence-electron chi connectivity index (χ4n) is 2.50. The molecule has 1 aliphatic rings. The predicted octanol–water partition coefficient (Wildman–Crippen LogP) is 2.96. The first-order chi connectivity index (χ1) is 12.1. The van der Waals surface area contributed by atoms with Crippen LogP contribution in [0.25, 0.3) is 0 Å². The van der Waals surface area contributed by atoms with Crippen LogP contribution in [0.3, 0.4) is 0 Å². The van der Waals surface area contributed by atoms with E-state index in [9.17, 15) is 14.4 Å². The van der Waals surface area contributed by atoms with Crippen LogP contribution in [0, 0.1) is 0 Å². The highest BCUT2D eigenvalue weighted by Gasteiger charge is 2.43. The van der Waals surface area contributed by atoms with Gasteiger partial charge in [0.05, 0.1) is 6.54 Å². The summed E-state index contributed by atoms with van der Waals surface area (Å²) >= 11 is 0. The Morgan fingerprint density at radius 1 is 0.880 bits per heavy atom. The van der Waals surface area contributed by atoms with Gasteiger partial charge in [0.25, 0.3) is 0 Å². The molecule has 6 heteroatoms. The van der Waals surface area contributed by atoms with Crippen molar-refractivity contribution in [3.8, 4) is 11.5 Å². The molecule has 1 saturated heterocycles. The molecule has 6 nitrogen and oxygen atoms in total. The van der Waals surface area contributed by atoms with Gasteiger partial charge in [-0.2, -0.15) is 0 Å². The third-order valence-corrected chi connectivity index (χ3v) is 3.72. The SMILES string of the molecule is C=CCN1C(=O)C(=O)N(Cc2ccccc2Oc2ccccc2)C1=O. The van der Waals surface area contributed by atoms with Crippen LogP contribution in [-0.2, 0) is 16.1 Å². The second kappa shape index (κ2) is 7.00. The average molecular weight is 336 g/mol. The maximum Gasteiger partial charge on any atom is 0.334 e. The molecule has 2 aromatic carbocycles. The van der Waals surface area contributed by atoms with Crippen LogP contribution in [0.1, 0.15) is 5.56 Å². The highest BCUT2D eigenvalue weighted by molar-refractivity contribution is 6.44. The van der Waals surface area contributed by atoms with E-state index in [4.69, 9.17) is 4.74 Å². The molecule has 1 aliphatic heterocycles. The quantitative estimate of drug-likeness (QED) is 0.462. The Labute approximate surface area is 144 Å². The van der Waals surface area contributed by atoms with Gasteiger partial charge in [-0.05, 0) is 18.2 Å². The number of nitrogens with zero attached hydrogens (tertiary/aromatic N) is 2. The van der Waals surface area contributed by atoms with Crippen molar-refractivity contribution in [2.75, 3.05) is 6.54 Å². The minimum Gasteiger partial charge on any atom is -0.457 e. The molecule has 4 amide bonds. The first-order valence-electron chi connectivity index (χ1n) is 7.71. The number of para-hydroxylation sites is 2. The van der Waals surface area contributed by atoms with Gasteiger partial charge in [-0.1, -0.05) is 42.5 Å². The Bertz CT molecular complexity index is 832. The number of carbonyl (C=O) groups is 3. The maximum atomic E-state index is 12.3. The summed E-state index contributed by atoms with van der Waals surface area (Å²) in [6.07, 6.45) is 1.40. The summed E-state index contributed by atoms with van der Waals surface area (Å²) in [6.45, 7) is 3.45. The molecule has 25 heavy (non-hydrogen) atoms. The van der Waals surface area contributed by atoms with Gasteiger partial charge in [0, 0.05) is 12.1 Å². The van der Waals surface area contributed by atoms with E-state index in [1.54, 1.807) is 36.4 Å². The third-order valence-electron chi connectivity index (χ3n) is 3.72. The molecule has 2 aromatic rings. The summed E-state index contributed by atoms with van der Waals surface area (Å²) in [5, 5.41) is 0. The molecule has 3 rings (SSSR count). The smallest absolute Gasteiger partial charge is 0.334 e. The number of hydrogen-bond donors (Lipinski definition) is 0. The van der Waals surface area contributed by atoms with Gasteiger partial charge < -0.3 is 4.74 Å². The molecule has 126 valence electrons. The molecule has 0 bridgehead atoms. The number of amides is 4. The number of carbonyl (C=O) groups excluding carboxylic acids is 3. The van der Waals surface area contributed by atoms with Gasteiger partial charge in [0.1, 0.15) is 11.5 Å². The van der Waals surface area contributed by atoms with Gasteiger partial charge in [-0.15, -0.1) is 6.58 Å². The zero-order valence-corrected chi connectivity index (χ0v) is 13.4. The fourth-order valence-corrected chi connectivity index (χ4v) is 2.50. The Balaban J connectivity index is 1.84. The number of hydrogen-bond acceptors (Lipinski definition) is 4. The molecule has 0 spiro atoms. The molecule has 1 heterocycles. The van der Waals surface area contributed by atoms with Gasteiger partial charge in [-0.25, -0.2) is 4.79 Å². The first kappa shape index (κ1) is 16.4. The molecule has 0 unspecified atom stereocenters. The molecule has 0 N–H and O–H groups in total. The summed E-state index contributed by atoms with van der Waals surface area (Å²) in [7, 11) is 0. The summed E-state index contributed by atoms with van der Waals surface area (Å²) in [4.78, 5) is 38.1. The molecule has 0 saturated carbocycles. The first-order valence-corrected chi connectivity index (χ1v) is 7.71. The lowest BCUT2D eigenvalue weighted by Crippen LogP contribution is -2.33. The van der Waals surface area contributed by atoms with Crippen molar-refractivity contribution in [2.45, 2.75) is 6.54 Å². The highest BCUT2D eigenvalue weighted by atomic mass is 16.5. The number of urea groups is 1. The Morgan fingerprint density at radius 3 is 2.24 bits per heavy atom. The molecule has 0 aromatic heterocycles. The summed E-state index contributed by atoms with van der Waals surface area (Å²) in [5.41, 5.74) is 0.626. The van der Waals surface area contributed by atoms with Crippen molar-refractivity contribution in [1.82, 2.24) is 9.80 Å². The van der Waals surface area contributed by atoms with E-state index < -0.39 is 17.8 Å². The van der Waals surface area contributed by atoms with Crippen LogP contribution in [-0.4, -0.2) is 34.2 Å². The van der Waals surface area contributed by atoms with E-state index >= 15 is 0 Å². The second-order valence-electron chi connectivity index (χ2n) is 5.40. The van der Waals surface area contributed by atoms with E-state index in [1.165, 1.54) is 6.08 Å². The second-order valence-corrected chi connectivity index (χ2v) is 5.40. The monoisotopic (exact) mass is 336 g/mol. The molecule has 0 aliphatic carbocycles. The summed E-state index contributed by atoms with van der Waals surface area (Å²) < 4.78 is 5.83. The van der Waals surface area contributed by atoms with Crippen LogP contribution in [0.4, 0.5) is 4.79 Å². The average Bonchev–Trinajstić information content (AvgIpc) is 2.82. The van der Waals surface area contributed by atoms with Crippen molar-refractivity contribution < 1.29 is 19.1 Å². The number of ether oxygens (including phenoxy) is 1. The minimum atomic E-state index is -0.846. The Hall–Kier alpha value is -3.41. The van der Waals surface area contributed by atoms with Crippen molar-refractivity contribution in [3.63, 3.8) is 0 Å². The van der Waals surface area contributed by atoms with Crippen LogP contribution in [0.5, 0.6) is 11.5 Å². The van der Waals surface area contributed by atoms with E-state index in [0.717, 1.165) is 9.80 Å². The third kappa shape index (κ3) is 3.28. The Morgan fingerprint density at radius 2 is 1.52 bits per heavy atom. The van der Waals surface area contributed by atoms with Crippen LogP contribution in [0.2, 0.25) is 0 Å². The lowest BCUT2D eigenvalue weighted by molar-refractivity contribution is -0.143. The summed E-state index contributed by atoms with van der Waals surface area (Å²) in [6, 6.07) is 15.6. The van der Waals surface area contributed by atoms with E-state index in [2.05, 4.69) is 6.58 Å². The fraction of sp³-hybridized carbons (Fsp3) is 0.105. The molecule has 1 fully saturated rings. The number of imide groups is 2. The van der Waals surface area contributed by atoms with Crippen molar-refractivity contribution in [1.29, 1.82) is 0 Å². The van der Waals surface area contributed by atoms with Gasteiger partial charge in [0.2, 0.25) is 0 Å². The zero-order valence-electron chi connectivity index (χ0n) is 13.4. The summed E-state index contributed by atoms with van der Waals surface area (Å²) in [5.74, 6) is -0.532. The van der Waals surface area contributed by atoms with Gasteiger partial charge >= 0.3 is 17.8 Å². The molecule has 0 atom stereocenters. The van der Waals surface area contributed by atoms with Gasteiger partial charge in [0.15, 0.2) is 0 Å². The van der Waals surface area contributed by atoms with E-state index in [-0.39, 0.29) is 13.1 Å². The zero-order chi connectivity index (χ0) is 17.8. The normalized spacial score (nSPS) is 14.2. The number of rotatable bonds is 6. The van der Waals surface area contributed by atoms with E-state index in [0.29, 0.717) is 17.1 Å². The van der Waals surface area contributed by atoms with Crippen molar-refractivity contribution >= 4 is 17.8 Å². The minimum absolute atomic E-state index is 0.00205. The predicted molar refractivity (Wildman–Crippen MR) is 90.8 cm³/mol. The lowest BCUT2D eigenvalue weighted by atomic mass is 10.2. The lowest BCUT2D eigenvalue weighted by Gasteiger charge is -2.17. The van der Waals surface area contributed by atoms with E-state index in [1.807, 2.05) is 18.2 Å². The van der Waals surface area contributed by atoms with Crippen LogP contribution < -0.4 is 4.74 Å². The van der Waals surface area contributed by atoms with Crippen LogP contribution >= 0.6 is 0 Å². The standard InChI is InChI=1S/C19H16N2O4/c1-2-12-20-17(22)18(23)21(19(20)24)13-14-8-6-7-11-16(14)25-15-9-4-3-5-10-15/h2-11H,1,12-13H2. The highest BCUT2D eigenvalue weighted by Crippen LogP contribution is 2.27. The van der Waals surface area contributed by atoms with Crippen molar-refractivity contribution in [3.05, 3.63) is 72.8 Å². The topological polar surface area (TPSA) is 66.9 Å². The molecular weight excluding hydrogens is 320 g/mol. The van der Waals surface area contributed by atoms with Crippen LogP contribution in [0.15, 0.2) is 67.3 Å². The van der Waals surface area contributed by atoms with Crippen molar-refractivity contribution in [2.24, 2.45) is 0 Å².